The fourth-order valence-corrected chi connectivity index (χ4v) is 3.63. The van der Waals surface area contributed by atoms with E-state index >= 15 is 0 Å². The van der Waals surface area contributed by atoms with E-state index in [-0.39, 0.29) is 41.3 Å². The van der Waals surface area contributed by atoms with E-state index < -0.39 is 0 Å². The van der Waals surface area contributed by atoms with E-state index in [1.54, 1.807) is 14.2 Å². The maximum atomic E-state index is 11.8. The van der Waals surface area contributed by atoms with Crippen LogP contribution in [0.1, 0.15) is 38.2 Å². The number of nitrogens with zero attached hydrogens (tertiary/aromatic N) is 2. The molecule has 1 atom stereocenters. The summed E-state index contributed by atoms with van der Waals surface area (Å²) in [5.41, 5.74) is 1.55. The molecular weight excluding hydrogens is 455 g/mol. The molecule has 2 fully saturated rings. The topological polar surface area (TPSA) is 66.0 Å². The number of likely N-dealkylation sites (tertiary alicyclic amines) is 1. The van der Waals surface area contributed by atoms with Crippen LogP contribution >= 0.6 is 24.0 Å². The predicted molar refractivity (Wildman–Crippen MR) is 119 cm³/mol. The molecular formula is C20H31IN4O2. The number of amides is 1. The lowest BCUT2D eigenvalue weighted by atomic mass is 9.96. The molecule has 6 nitrogen and oxygen atoms in total. The van der Waals surface area contributed by atoms with Crippen LogP contribution in [0.5, 0.6) is 5.75 Å². The average Bonchev–Trinajstić information content (AvgIpc) is 3.34. The molecule has 1 amide bonds. The van der Waals surface area contributed by atoms with Crippen LogP contribution < -0.4 is 15.4 Å². The number of ether oxygens (including phenoxy) is 1. The summed E-state index contributed by atoms with van der Waals surface area (Å²) in [7, 11) is 3.49. The fourth-order valence-electron chi connectivity index (χ4n) is 3.63. The van der Waals surface area contributed by atoms with Crippen molar-refractivity contribution in [3.63, 3.8) is 0 Å². The number of nitrogens with one attached hydrogen (secondary N) is 2. The van der Waals surface area contributed by atoms with Gasteiger partial charge in [0.25, 0.3) is 0 Å². The van der Waals surface area contributed by atoms with Crippen molar-refractivity contribution in [3.05, 3.63) is 29.8 Å². The number of benzene rings is 1. The summed E-state index contributed by atoms with van der Waals surface area (Å²) in [5.74, 6) is 1.94. The quantitative estimate of drug-likeness (QED) is 0.369. The molecule has 1 aliphatic heterocycles. The van der Waals surface area contributed by atoms with Crippen molar-refractivity contribution < 1.29 is 9.53 Å². The summed E-state index contributed by atoms with van der Waals surface area (Å²) in [6.07, 6.45) is 3.91. The van der Waals surface area contributed by atoms with Crippen LogP contribution in [0.4, 0.5) is 0 Å². The molecule has 150 valence electrons. The molecule has 0 bridgehead atoms. The summed E-state index contributed by atoms with van der Waals surface area (Å²) < 4.78 is 5.25. The first-order chi connectivity index (χ1) is 12.6. The maximum absolute atomic E-state index is 11.8. The minimum absolute atomic E-state index is 0. The Morgan fingerprint density at radius 1 is 1.33 bits per heavy atom. The third kappa shape index (κ3) is 5.27. The standard InChI is InChI=1S/C20H30N4O2.HI/c1-4-18(25)24-12-9-16(13-24)23-19(21-2)22-14-20(10-11-20)15-5-7-17(26-3)8-6-15;/h5-8,16H,4,9-14H2,1-3H3,(H2,21,22,23);1H. The zero-order valence-corrected chi connectivity index (χ0v) is 18.8. The van der Waals surface area contributed by atoms with Gasteiger partial charge in [0, 0.05) is 44.6 Å². The monoisotopic (exact) mass is 486 g/mol. The van der Waals surface area contributed by atoms with E-state index in [1.165, 1.54) is 18.4 Å². The van der Waals surface area contributed by atoms with E-state index in [4.69, 9.17) is 4.74 Å². The molecule has 1 unspecified atom stereocenters. The number of aliphatic imine (C=N–C) groups is 1. The first-order valence-electron chi connectivity index (χ1n) is 9.49. The fraction of sp³-hybridized carbons (Fsp3) is 0.600. The average molecular weight is 486 g/mol. The van der Waals surface area contributed by atoms with E-state index in [0.717, 1.165) is 37.8 Å². The Labute approximate surface area is 179 Å². The molecule has 7 heteroatoms. The van der Waals surface area contributed by atoms with Crippen molar-refractivity contribution in [3.8, 4) is 5.75 Å². The Morgan fingerprint density at radius 3 is 2.59 bits per heavy atom. The van der Waals surface area contributed by atoms with Gasteiger partial charge in [0.2, 0.25) is 5.91 Å². The van der Waals surface area contributed by atoms with Crippen LogP contribution in [0, 0.1) is 0 Å². The van der Waals surface area contributed by atoms with Gasteiger partial charge in [0.05, 0.1) is 7.11 Å². The number of methoxy groups -OCH3 is 1. The molecule has 3 rings (SSSR count). The van der Waals surface area contributed by atoms with Gasteiger partial charge in [-0.25, -0.2) is 0 Å². The SMILES string of the molecule is CCC(=O)N1CCC(NC(=NC)NCC2(c3ccc(OC)cc3)CC2)C1.I. The lowest BCUT2D eigenvalue weighted by molar-refractivity contribution is -0.129. The van der Waals surface area contributed by atoms with Crippen LogP contribution in [0.3, 0.4) is 0 Å². The molecule has 0 radical (unpaired) electrons. The van der Waals surface area contributed by atoms with E-state index in [2.05, 4.69) is 27.8 Å². The molecule has 1 aromatic rings. The van der Waals surface area contributed by atoms with Crippen molar-refractivity contribution in [2.75, 3.05) is 33.8 Å². The zero-order valence-electron chi connectivity index (χ0n) is 16.5. The largest absolute Gasteiger partial charge is 0.497 e. The summed E-state index contributed by atoms with van der Waals surface area (Å²) >= 11 is 0. The lowest BCUT2D eigenvalue weighted by Gasteiger charge is -2.22. The number of carbonyl (C=O) groups excluding carboxylic acids is 1. The molecule has 0 spiro atoms. The third-order valence-corrected chi connectivity index (χ3v) is 5.56. The Kier molecular flexibility index (Phi) is 7.76. The van der Waals surface area contributed by atoms with Gasteiger partial charge >= 0.3 is 0 Å². The van der Waals surface area contributed by atoms with Crippen LogP contribution in [0.2, 0.25) is 0 Å². The van der Waals surface area contributed by atoms with Crippen molar-refractivity contribution in [2.45, 2.75) is 44.1 Å². The minimum atomic E-state index is 0. The molecule has 0 aromatic heterocycles. The Morgan fingerprint density at radius 2 is 2.04 bits per heavy atom. The summed E-state index contributed by atoms with van der Waals surface area (Å²) in [4.78, 5) is 18.1. The first-order valence-corrected chi connectivity index (χ1v) is 9.49. The zero-order chi connectivity index (χ0) is 18.6. The minimum Gasteiger partial charge on any atom is -0.497 e. The van der Waals surface area contributed by atoms with Gasteiger partial charge in [-0.15, -0.1) is 24.0 Å². The van der Waals surface area contributed by atoms with Crippen LogP contribution in [-0.2, 0) is 10.2 Å². The normalized spacial score (nSPS) is 20.6. The highest BCUT2D eigenvalue weighted by molar-refractivity contribution is 14.0. The van der Waals surface area contributed by atoms with Gasteiger partial charge in [0.15, 0.2) is 5.96 Å². The Bertz CT molecular complexity index is 658. The second-order valence-corrected chi connectivity index (χ2v) is 7.26. The van der Waals surface area contributed by atoms with Crippen molar-refractivity contribution in [2.24, 2.45) is 4.99 Å². The molecule has 1 aromatic carbocycles. The van der Waals surface area contributed by atoms with Crippen molar-refractivity contribution >= 4 is 35.8 Å². The highest BCUT2D eigenvalue weighted by atomic mass is 127. The second kappa shape index (κ2) is 9.61. The van der Waals surface area contributed by atoms with Crippen LogP contribution in [0.25, 0.3) is 0 Å². The molecule has 27 heavy (non-hydrogen) atoms. The molecule has 1 aliphatic carbocycles. The van der Waals surface area contributed by atoms with Crippen molar-refractivity contribution in [1.82, 2.24) is 15.5 Å². The third-order valence-electron chi connectivity index (χ3n) is 5.56. The predicted octanol–water partition coefficient (Wildman–Crippen LogP) is 2.52. The number of guanidine groups is 1. The molecule has 1 saturated heterocycles. The number of hydrogen-bond donors (Lipinski definition) is 2. The van der Waals surface area contributed by atoms with Gasteiger partial charge in [-0.05, 0) is 37.0 Å². The molecule has 2 aliphatic rings. The summed E-state index contributed by atoms with van der Waals surface area (Å²) in [6.45, 7) is 4.37. The maximum Gasteiger partial charge on any atom is 0.222 e. The number of halogens is 1. The van der Waals surface area contributed by atoms with E-state index in [0.29, 0.717) is 6.42 Å². The smallest absolute Gasteiger partial charge is 0.222 e. The van der Waals surface area contributed by atoms with Crippen LogP contribution in [0.15, 0.2) is 29.3 Å². The Balaban J connectivity index is 0.00000261. The second-order valence-electron chi connectivity index (χ2n) is 7.26. The molecule has 1 saturated carbocycles. The van der Waals surface area contributed by atoms with Gasteiger partial charge in [-0.2, -0.15) is 0 Å². The number of rotatable bonds is 6. The summed E-state index contributed by atoms with van der Waals surface area (Å²) in [5, 5.41) is 6.96. The van der Waals surface area contributed by atoms with Gasteiger partial charge in [0.1, 0.15) is 5.75 Å². The Hall–Kier alpha value is -1.51. The van der Waals surface area contributed by atoms with Gasteiger partial charge in [-0.1, -0.05) is 19.1 Å². The van der Waals surface area contributed by atoms with Crippen molar-refractivity contribution in [1.29, 1.82) is 0 Å². The number of carbonyl (C=O) groups is 1. The molecule has 2 N–H and O–H groups in total. The lowest BCUT2D eigenvalue weighted by Crippen LogP contribution is -2.47. The summed E-state index contributed by atoms with van der Waals surface area (Å²) in [6, 6.07) is 8.65. The van der Waals surface area contributed by atoms with E-state index in [9.17, 15) is 4.79 Å². The molecule has 1 heterocycles. The highest BCUT2D eigenvalue weighted by Crippen LogP contribution is 2.47. The van der Waals surface area contributed by atoms with Gasteiger partial charge in [-0.3, -0.25) is 9.79 Å². The van der Waals surface area contributed by atoms with Gasteiger partial charge < -0.3 is 20.3 Å². The first kappa shape index (κ1) is 21.8. The number of hydrogen-bond acceptors (Lipinski definition) is 3. The van der Waals surface area contributed by atoms with E-state index in [1.807, 2.05) is 24.0 Å². The van der Waals surface area contributed by atoms with Crippen LogP contribution in [-0.4, -0.2) is 56.6 Å². The highest BCUT2D eigenvalue weighted by Gasteiger charge is 2.44.